The van der Waals surface area contributed by atoms with Crippen molar-refractivity contribution in [2.75, 3.05) is 0 Å². The lowest BCUT2D eigenvalue weighted by atomic mass is 9.79. The van der Waals surface area contributed by atoms with Gasteiger partial charge in [0.2, 0.25) is 0 Å². The SMILES string of the molecule is CC(C)(C)c1cc(C=Nc2ccc3c(c2-c2c(O)ccc4c2CCCC4)CCCC3)c(O)c(C(C)(C)C)c1. The molecule has 0 amide bonds. The zero-order valence-corrected chi connectivity index (χ0v) is 24.0. The van der Waals surface area contributed by atoms with Gasteiger partial charge in [-0.15, -0.1) is 0 Å². The Morgan fingerprint density at radius 1 is 0.684 bits per heavy atom. The van der Waals surface area contributed by atoms with E-state index in [1.165, 1.54) is 40.7 Å². The van der Waals surface area contributed by atoms with Crippen LogP contribution in [0, 0.1) is 0 Å². The molecule has 0 unspecified atom stereocenters. The van der Waals surface area contributed by atoms with Crippen molar-refractivity contribution in [2.45, 2.75) is 104 Å². The Labute approximate surface area is 228 Å². The Kier molecular flexibility index (Phi) is 6.92. The molecule has 0 saturated carbocycles. The number of phenolic OH excluding ortho intramolecular Hbond substituents is 2. The second-order valence-electron chi connectivity index (χ2n) is 13.3. The maximum Gasteiger partial charge on any atom is 0.128 e. The molecule has 5 rings (SSSR count). The molecule has 2 aliphatic carbocycles. The predicted octanol–water partition coefficient (Wildman–Crippen LogP) is 8.87. The lowest BCUT2D eigenvalue weighted by molar-refractivity contribution is 0.444. The van der Waals surface area contributed by atoms with Crippen LogP contribution in [0.1, 0.15) is 106 Å². The number of hydrogen-bond donors (Lipinski definition) is 2. The summed E-state index contributed by atoms with van der Waals surface area (Å²) in [4.78, 5) is 5.06. The van der Waals surface area contributed by atoms with E-state index in [2.05, 4.69) is 71.9 Å². The first-order valence-electron chi connectivity index (χ1n) is 14.4. The van der Waals surface area contributed by atoms with Crippen LogP contribution in [0.4, 0.5) is 5.69 Å². The average molecular weight is 510 g/mol. The molecule has 0 spiro atoms. The van der Waals surface area contributed by atoms with E-state index < -0.39 is 0 Å². The van der Waals surface area contributed by atoms with E-state index >= 15 is 0 Å². The highest BCUT2D eigenvalue weighted by Gasteiger charge is 2.26. The number of benzene rings is 3. The molecule has 2 aliphatic rings. The lowest BCUT2D eigenvalue weighted by Gasteiger charge is -2.27. The molecule has 3 heteroatoms. The van der Waals surface area contributed by atoms with Crippen molar-refractivity contribution in [1.29, 1.82) is 0 Å². The largest absolute Gasteiger partial charge is 0.507 e. The van der Waals surface area contributed by atoms with Gasteiger partial charge in [-0.05, 0) is 108 Å². The molecule has 0 fully saturated rings. The average Bonchev–Trinajstić information content (AvgIpc) is 2.86. The number of hydrogen-bond acceptors (Lipinski definition) is 3. The van der Waals surface area contributed by atoms with Crippen molar-refractivity contribution >= 4 is 11.9 Å². The molecule has 3 nitrogen and oxygen atoms in total. The van der Waals surface area contributed by atoms with Crippen LogP contribution in [-0.2, 0) is 36.5 Å². The summed E-state index contributed by atoms with van der Waals surface area (Å²) in [5.74, 6) is 0.655. The van der Waals surface area contributed by atoms with Crippen molar-refractivity contribution in [3.8, 4) is 22.6 Å². The van der Waals surface area contributed by atoms with Gasteiger partial charge in [0.25, 0.3) is 0 Å². The smallest absolute Gasteiger partial charge is 0.128 e. The van der Waals surface area contributed by atoms with Gasteiger partial charge in [-0.2, -0.15) is 0 Å². The lowest BCUT2D eigenvalue weighted by Crippen LogP contribution is -2.17. The van der Waals surface area contributed by atoms with Crippen molar-refractivity contribution < 1.29 is 10.2 Å². The summed E-state index contributed by atoms with van der Waals surface area (Å²) in [6.07, 6.45) is 10.7. The summed E-state index contributed by atoms with van der Waals surface area (Å²) in [7, 11) is 0. The fourth-order valence-corrected chi connectivity index (χ4v) is 6.20. The van der Waals surface area contributed by atoms with Gasteiger partial charge in [0.05, 0.1) is 5.69 Å². The van der Waals surface area contributed by atoms with Crippen LogP contribution in [0.3, 0.4) is 0 Å². The summed E-state index contributed by atoms with van der Waals surface area (Å²) in [6, 6.07) is 12.6. The van der Waals surface area contributed by atoms with Crippen LogP contribution < -0.4 is 0 Å². The quantitative estimate of drug-likeness (QED) is 0.346. The highest BCUT2D eigenvalue weighted by atomic mass is 16.3. The minimum absolute atomic E-state index is 0.0534. The Bertz CT molecular complexity index is 1400. The molecule has 0 radical (unpaired) electrons. The molecule has 3 aromatic carbocycles. The van der Waals surface area contributed by atoms with Crippen molar-refractivity contribution in [3.63, 3.8) is 0 Å². The molecule has 2 N–H and O–H groups in total. The second-order valence-corrected chi connectivity index (χ2v) is 13.3. The number of rotatable bonds is 3. The number of aromatic hydroxyl groups is 2. The van der Waals surface area contributed by atoms with Gasteiger partial charge in [-0.1, -0.05) is 59.7 Å². The van der Waals surface area contributed by atoms with E-state index in [0.29, 0.717) is 11.5 Å². The molecule has 0 heterocycles. The molecule has 38 heavy (non-hydrogen) atoms. The molecule has 200 valence electrons. The maximum absolute atomic E-state index is 11.3. The van der Waals surface area contributed by atoms with Crippen LogP contribution >= 0.6 is 0 Å². The van der Waals surface area contributed by atoms with Crippen LogP contribution in [0.15, 0.2) is 41.4 Å². The van der Waals surface area contributed by atoms with Crippen LogP contribution in [0.25, 0.3) is 11.1 Å². The topological polar surface area (TPSA) is 52.8 Å². The molecule has 0 aromatic heterocycles. The monoisotopic (exact) mass is 509 g/mol. The van der Waals surface area contributed by atoms with Gasteiger partial charge >= 0.3 is 0 Å². The number of phenols is 2. The third-order valence-electron chi connectivity index (χ3n) is 8.43. The standard InChI is InChI=1S/C35H43NO2/c1-34(2,3)25-19-24(33(38)28(20-25)35(4,5)6)21-36-29-17-15-22-11-7-9-13-26(22)31(29)32-27-14-10-8-12-23(27)16-18-30(32)37/h15-21,37-38H,7-14H2,1-6H3. The Balaban J connectivity index is 1.71. The van der Waals surface area contributed by atoms with Gasteiger partial charge in [-0.25, -0.2) is 0 Å². The molecule has 0 saturated heterocycles. The molecule has 0 atom stereocenters. The van der Waals surface area contributed by atoms with Gasteiger partial charge in [0.15, 0.2) is 0 Å². The van der Waals surface area contributed by atoms with Gasteiger partial charge in [0, 0.05) is 28.5 Å². The maximum atomic E-state index is 11.3. The van der Waals surface area contributed by atoms with E-state index in [1.807, 2.05) is 12.3 Å². The minimum atomic E-state index is -0.195. The Morgan fingerprint density at radius 2 is 1.26 bits per heavy atom. The van der Waals surface area contributed by atoms with Gasteiger partial charge < -0.3 is 10.2 Å². The van der Waals surface area contributed by atoms with E-state index in [9.17, 15) is 10.2 Å². The predicted molar refractivity (Wildman–Crippen MR) is 160 cm³/mol. The molecular formula is C35H43NO2. The highest BCUT2D eigenvalue weighted by molar-refractivity contribution is 5.92. The molecule has 3 aromatic rings. The number of aryl methyl sites for hydroxylation is 2. The van der Waals surface area contributed by atoms with E-state index in [-0.39, 0.29) is 10.8 Å². The fourth-order valence-electron chi connectivity index (χ4n) is 6.20. The van der Waals surface area contributed by atoms with E-state index in [1.54, 1.807) is 0 Å². The van der Waals surface area contributed by atoms with Crippen LogP contribution in [0.2, 0.25) is 0 Å². The first-order chi connectivity index (χ1) is 17.9. The third kappa shape index (κ3) is 5.00. The minimum Gasteiger partial charge on any atom is -0.507 e. The number of aliphatic imine (C=N–C) groups is 1. The summed E-state index contributed by atoms with van der Waals surface area (Å²) < 4.78 is 0. The highest BCUT2D eigenvalue weighted by Crippen LogP contribution is 2.46. The van der Waals surface area contributed by atoms with Gasteiger partial charge in [-0.3, -0.25) is 4.99 Å². The van der Waals surface area contributed by atoms with Crippen LogP contribution in [-0.4, -0.2) is 16.4 Å². The Morgan fingerprint density at radius 3 is 1.87 bits per heavy atom. The number of nitrogens with zero attached hydrogens (tertiary/aromatic N) is 1. The van der Waals surface area contributed by atoms with Crippen molar-refractivity contribution in [2.24, 2.45) is 4.99 Å². The zero-order chi connectivity index (χ0) is 27.2. The normalized spacial score (nSPS) is 15.9. The molecule has 0 bridgehead atoms. The molecular weight excluding hydrogens is 466 g/mol. The molecule has 0 aliphatic heterocycles. The Hall–Kier alpha value is -3.07. The van der Waals surface area contributed by atoms with Crippen molar-refractivity contribution in [1.82, 2.24) is 0 Å². The summed E-state index contributed by atoms with van der Waals surface area (Å²) in [5.41, 5.74) is 10.9. The first kappa shape index (κ1) is 26.5. The summed E-state index contributed by atoms with van der Waals surface area (Å²) in [6.45, 7) is 13.0. The van der Waals surface area contributed by atoms with E-state index in [4.69, 9.17) is 4.99 Å². The summed E-state index contributed by atoms with van der Waals surface area (Å²) in [5, 5.41) is 22.6. The zero-order valence-electron chi connectivity index (χ0n) is 24.0. The fraction of sp³-hybridized carbons (Fsp3) is 0.457. The van der Waals surface area contributed by atoms with Crippen molar-refractivity contribution in [3.05, 3.63) is 75.3 Å². The first-order valence-corrected chi connectivity index (χ1v) is 14.4. The summed E-state index contributed by atoms with van der Waals surface area (Å²) >= 11 is 0. The second kappa shape index (κ2) is 9.91. The van der Waals surface area contributed by atoms with E-state index in [0.717, 1.165) is 66.5 Å². The van der Waals surface area contributed by atoms with Gasteiger partial charge in [0.1, 0.15) is 11.5 Å². The number of fused-ring (bicyclic) bond motifs is 2. The third-order valence-corrected chi connectivity index (χ3v) is 8.43. The van der Waals surface area contributed by atoms with Crippen LogP contribution in [0.5, 0.6) is 11.5 Å².